The first-order chi connectivity index (χ1) is 8.46. The lowest BCUT2D eigenvalue weighted by molar-refractivity contribution is 0.113. The van der Waals surface area contributed by atoms with Crippen molar-refractivity contribution in [1.29, 1.82) is 0 Å². The SMILES string of the molecule is CNC1(CO)CCCC1CCN(C)C(C)C(C)C. The topological polar surface area (TPSA) is 35.5 Å². The van der Waals surface area contributed by atoms with Gasteiger partial charge in [-0.05, 0) is 58.7 Å². The Balaban J connectivity index is 2.47. The highest BCUT2D eigenvalue weighted by molar-refractivity contribution is 4.98. The Morgan fingerprint density at radius 1 is 1.39 bits per heavy atom. The molecule has 1 rings (SSSR count). The molecule has 1 fully saturated rings. The van der Waals surface area contributed by atoms with Crippen LogP contribution in [-0.4, -0.2) is 48.8 Å². The highest BCUT2D eigenvalue weighted by atomic mass is 16.3. The van der Waals surface area contributed by atoms with Crippen LogP contribution in [0.5, 0.6) is 0 Å². The van der Waals surface area contributed by atoms with Gasteiger partial charge in [0.15, 0.2) is 0 Å². The molecule has 0 amide bonds. The number of aliphatic hydroxyl groups excluding tert-OH is 1. The number of hydrogen-bond donors (Lipinski definition) is 2. The van der Waals surface area contributed by atoms with Crippen LogP contribution in [0.3, 0.4) is 0 Å². The van der Waals surface area contributed by atoms with Crippen LogP contribution in [-0.2, 0) is 0 Å². The molecule has 1 aliphatic carbocycles. The number of nitrogens with zero attached hydrogens (tertiary/aromatic N) is 1. The van der Waals surface area contributed by atoms with E-state index in [2.05, 4.69) is 38.0 Å². The van der Waals surface area contributed by atoms with E-state index >= 15 is 0 Å². The Labute approximate surface area is 113 Å². The molecule has 0 aromatic carbocycles. The van der Waals surface area contributed by atoms with Gasteiger partial charge >= 0.3 is 0 Å². The molecule has 18 heavy (non-hydrogen) atoms. The van der Waals surface area contributed by atoms with Gasteiger partial charge in [-0.1, -0.05) is 20.3 Å². The molecule has 0 bridgehead atoms. The zero-order chi connectivity index (χ0) is 13.8. The van der Waals surface area contributed by atoms with Crippen molar-refractivity contribution in [2.45, 2.75) is 58.0 Å². The Bertz CT molecular complexity index is 239. The number of likely N-dealkylation sites (N-methyl/N-ethyl adjacent to an activating group) is 1. The molecule has 0 spiro atoms. The first kappa shape index (κ1) is 15.9. The van der Waals surface area contributed by atoms with Crippen molar-refractivity contribution in [3.05, 3.63) is 0 Å². The van der Waals surface area contributed by atoms with Gasteiger partial charge in [0.2, 0.25) is 0 Å². The second kappa shape index (κ2) is 6.88. The van der Waals surface area contributed by atoms with E-state index in [1.807, 2.05) is 7.05 Å². The predicted octanol–water partition coefficient (Wildman–Crippen LogP) is 2.10. The second-order valence-corrected chi connectivity index (χ2v) is 6.41. The first-order valence-electron chi connectivity index (χ1n) is 7.47. The maximum Gasteiger partial charge on any atom is 0.0615 e. The summed E-state index contributed by atoms with van der Waals surface area (Å²) in [5.41, 5.74) is -0.0120. The van der Waals surface area contributed by atoms with Gasteiger partial charge in [-0.15, -0.1) is 0 Å². The second-order valence-electron chi connectivity index (χ2n) is 6.41. The van der Waals surface area contributed by atoms with Gasteiger partial charge in [-0.2, -0.15) is 0 Å². The Kier molecular flexibility index (Phi) is 6.09. The lowest BCUT2D eigenvalue weighted by Crippen LogP contribution is -2.50. The normalized spacial score (nSPS) is 30.3. The van der Waals surface area contributed by atoms with Crippen molar-refractivity contribution in [1.82, 2.24) is 10.2 Å². The lowest BCUT2D eigenvalue weighted by Gasteiger charge is -2.36. The average molecular weight is 256 g/mol. The fourth-order valence-electron chi connectivity index (χ4n) is 3.25. The molecular formula is C15H32N2O. The third-order valence-corrected chi connectivity index (χ3v) is 5.23. The summed E-state index contributed by atoms with van der Waals surface area (Å²) in [6.45, 7) is 8.27. The summed E-state index contributed by atoms with van der Waals surface area (Å²) >= 11 is 0. The smallest absolute Gasteiger partial charge is 0.0615 e. The Hall–Kier alpha value is -0.120. The maximum atomic E-state index is 9.67. The highest BCUT2D eigenvalue weighted by Crippen LogP contribution is 2.37. The van der Waals surface area contributed by atoms with Crippen LogP contribution in [0.25, 0.3) is 0 Å². The van der Waals surface area contributed by atoms with Gasteiger partial charge in [0.25, 0.3) is 0 Å². The van der Waals surface area contributed by atoms with Gasteiger partial charge in [0, 0.05) is 11.6 Å². The van der Waals surface area contributed by atoms with Crippen LogP contribution in [0.1, 0.15) is 46.5 Å². The van der Waals surface area contributed by atoms with Crippen molar-refractivity contribution < 1.29 is 5.11 Å². The molecule has 3 unspecified atom stereocenters. The summed E-state index contributed by atoms with van der Waals surface area (Å²) in [5.74, 6) is 1.32. The van der Waals surface area contributed by atoms with Crippen molar-refractivity contribution in [2.75, 3.05) is 27.2 Å². The van der Waals surface area contributed by atoms with E-state index in [0.29, 0.717) is 17.9 Å². The third-order valence-electron chi connectivity index (χ3n) is 5.23. The van der Waals surface area contributed by atoms with Crippen LogP contribution >= 0.6 is 0 Å². The molecule has 0 radical (unpaired) electrons. The van der Waals surface area contributed by atoms with Gasteiger partial charge in [-0.25, -0.2) is 0 Å². The quantitative estimate of drug-likeness (QED) is 0.732. The third kappa shape index (κ3) is 3.46. The molecule has 0 aliphatic heterocycles. The van der Waals surface area contributed by atoms with Crippen LogP contribution in [0.4, 0.5) is 0 Å². The van der Waals surface area contributed by atoms with Crippen LogP contribution in [0, 0.1) is 11.8 Å². The average Bonchev–Trinajstić information content (AvgIpc) is 2.78. The van der Waals surface area contributed by atoms with Gasteiger partial charge < -0.3 is 15.3 Å². The van der Waals surface area contributed by atoms with E-state index in [4.69, 9.17) is 0 Å². The van der Waals surface area contributed by atoms with Crippen LogP contribution < -0.4 is 5.32 Å². The van der Waals surface area contributed by atoms with Gasteiger partial charge in [0.05, 0.1) is 6.61 Å². The van der Waals surface area contributed by atoms with Gasteiger partial charge in [0.1, 0.15) is 0 Å². The summed E-state index contributed by atoms with van der Waals surface area (Å²) < 4.78 is 0. The summed E-state index contributed by atoms with van der Waals surface area (Å²) in [7, 11) is 4.22. The van der Waals surface area contributed by atoms with Crippen molar-refractivity contribution in [3.8, 4) is 0 Å². The Morgan fingerprint density at radius 2 is 2.06 bits per heavy atom. The molecule has 0 saturated heterocycles. The fraction of sp³-hybridized carbons (Fsp3) is 1.00. The van der Waals surface area contributed by atoms with E-state index in [0.717, 1.165) is 13.0 Å². The minimum atomic E-state index is -0.0120. The van der Waals surface area contributed by atoms with E-state index < -0.39 is 0 Å². The first-order valence-corrected chi connectivity index (χ1v) is 7.47. The zero-order valence-electron chi connectivity index (χ0n) is 12.9. The summed E-state index contributed by atoms with van der Waals surface area (Å²) in [6, 6.07) is 0.629. The van der Waals surface area contributed by atoms with E-state index in [1.165, 1.54) is 19.3 Å². The summed E-state index contributed by atoms with van der Waals surface area (Å²) in [5, 5.41) is 13.1. The minimum Gasteiger partial charge on any atom is -0.394 e. The van der Waals surface area contributed by atoms with E-state index in [9.17, 15) is 5.11 Å². The molecular weight excluding hydrogens is 224 g/mol. The predicted molar refractivity (Wildman–Crippen MR) is 77.8 cm³/mol. The molecule has 3 atom stereocenters. The van der Waals surface area contributed by atoms with Crippen LogP contribution in [0.2, 0.25) is 0 Å². The van der Waals surface area contributed by atoms with Crippen molar-refractivity contribution >= 4 is 0 Å². The van der Waals surface area contributed by atoms with Crippen LogP contribution in [0.15, 0.2) is 0 Å². The van der Waals surface area contributed by atoms with E-state index in [1.54, 1.807) is 0 Å². The Morgan fingerprint density at radius 3 is 2.56 bits per heavy atom. The molecule has 0 heterocycles. The lowest BCUT2D eigenvalue weighted by atomic mass is 9.85. The largest absolute Gasteiger partial charge is 0.394 e. The van der Waals surface area contributed by atoms with Crippen molar-refractivity contribution in [3.63, 3.8) is 0 Å². The molecule has 1 saturated carbocycles. The van der Waals surface area contributed by atoms with Gasteiger partial charge in [-0.3, -0.25) is 0 Å². The number of nitrogens with one attached hydrogen (secondary N) is 1. The molecule has 0 aromatic rings. The molecule has 0 aromatic heterocycles. The molecule has 3 heteroatoms. The number of aliphatic hydroxyl groups is 1. The fourth-order valence-corrected chi connectivity index (χ4v) is 3.25. The standard InChI is InChI=1S/C15H32N2O/c1-12(2)13(3)17(5)10-8-14-7-6-9-15(14,11-18)16-4/h12-14,16,18H,6-11H2,1-5H3. The minimum absolute atomic E-state index is 0.0120. The molecule has 1 aliphatic rings. The monoisotopic (exact) mass is 256 g/mol. The zero-order valence-corrected chi connectivity index (χ0v) is 12.9. The molecule has 3 nitrogen and oxygen atoms in total. The van der Waals surface area contributed by atoms with E-state index in [-0.39, 0.29) is 12.1 Å². The van der Waals surface area contributed by atoms with Crippen molar-refractivity contribution in [2.24, 2.45) is 11.8 Å². The number of rotatable bonds is 7. The maximum absolute atomic E-state index is 9.67. The molecule has 108 valence electrons. The number of hydrogen-bond acceptors (Lipinski definition) is 3. The summed E-state index contributed by atoms with van der Waals surface area (Å²) in [4.78, 5) is 2.46. The molecule has 2 N–H and O–H groups in total. The highest BCUT2D eigenvalue weighted by Gasteiger charge is 2.40. The summed E-state index contributed by atoms with van der Waals surface area (Å²) in [6.07, 6.45) is 4.81.